The van der Waals surface area contributed by atoms with Crippen LogP contribution in [0, 0.1) is 0 Å². The Labute approximate surface area is 127 Å². The van der Waals surface area contributed by atoms with Crippen LogP contribution in [0.2, 0.25) is 0 Å². The lowest BCUT2D eigenvalue weighted by Gasteiger charge is -2.13. The Morgan fingerprint density at radius 2 is 1.52 bits per heavy atom. The summed E-state index contributed by atoms with van der Waals surface area (Å²) >= 11 is 0. The normalized spacial score (nSPS) is 10.6. The van der Waals surface area contributed by atoms with E-state index in [4.69, 9.17) is 18.9 Å². The molecule has 1 rings (SSSR count). The van der Waals surface area contributed by atoms with Crippen molar-refractivity contribution in [3.63, 3.8) is 0 Å². The lowest BCUT2D eigenvalue weighted by molar-refractivity contribution is 0.0490. The number of benzene rings is 1. The molecule has 0 spiro atoms. The van der Waals surface area contributed by atoms with Gasteiger partial charge in [-0.05, 0) is 18.6 Å². The SMILES string of the molecule is CCCOCCOCCNCc1c(OC)cccc1OC. The van der Waals surface area contributed by atoms with Crippen LogP contribution in [-0.2, 0) is 16.0 Å². The summed E-state index contributed by atoms with van der Waals surface area (Å²) in [7, 11) is 3.33. The Morgan fingerprint density at radius 3 is 2.10 bits per heavy atom. The molecule has 0 saturated heterocycles. The number of methoxy groups -OCH3 is 2. The number of ether oxygens (including phenoxy) is 4. The smallest absolute Gasteiger partial charge is 0.127 e. The van der Waals surface area contributed by atoms with E-state index < -0.39 is 0 Å². The maximum Gasteiger partial charge on any atom is 0.127 e. The summed E-state index contributed by atoms with van der Waals surface area (Å²) in [5, 5.41) is 3.33. The minimum absolute atomic E-state index is 0.639. The van der Waals surface area contributed by atoms with Crippen LogP contribution in [0.5, 0.6) is 11.5 Å². The third-order valence-corrected chi connectivity index (χ3v) is 2.98. The lowest BCUT2D eigenvalue weighted by atomic mass is 10.1. The van der Waals surface area contributed by atoms with Crippen LogP contribution in [0.15, 0.2) is 18.2 Å². The van der Waals surface area contributed by atoms with E-state index in [1.807, 2.05) is 18.2 Å². The maximum atomic E-state index is 5.48. The van der Waals surface area contributed by atoms with E-state index in [0.717, 1.165) is 36.6 Å². The fraction of sp³-hybridized carbons (Fsp3) is 0.625. The van der Waals surface area contributed by atoms with Gasteiger partial charge in [-0.15, -0.1) is 0 Å². The maximum absolute atomic E-state index is 5.48. The minimum atomic E-state index is 0.639. The lowest BCUT2D eigenvalue weighted by Crippen LogP contribution is -2.21. The molecule has 0 aliphatic rings. The molecule has 5 heteroatoms. The van der Waals surface area contributed by atoms with E-state index in [-0.39, 0.29) is 0 Å². The highest BCUT2D eigenvalue weighted by atomic mass is 16.5. The predicted octanol–water partition coefficient (Wildman–Crippen LogP) is 2.24. The van der Waals surface area contributed by atoms with Gasteiger partial charge in [0, 0.05) is 25.3 Å². The molecule has 1 aromatic carbocycles. The van der Waals surface area contributed by atoms with E-state index in [0.29, 0.717) is 26.4 Å². The zero-order valence-corrected chi connectivity index (χ0v) is 13.3. The van der Waals surface area contributed by atoms with Crippen molar-refractivity contribution in [2.24, 2.45) is 0 Å². The molecule has 0 saturated carbocycles. The summed E-state index contributed by atoms with van der Waals surface area (Å²) in [4.78, 5) is 0. The fourth-order valence-corrected chi connectivity index (χ4v) is 1.93. The average molecular weight is 297 g/mol. The molecule has 0 radical (unpaired) electrons. The van der Waals surface area contributed by atoms with Crippen molar-refractivity contribution in [2.45, 2.75) is 19.9 Å². The molecule has 0 aromatic heterocycles. The van der Waals surface area contributed by atoms with Crippen LogP contribution >= 0.6 is 0 Å². The third kappa shape index (κ3) is 6.80. The monoisotopic (exact) mass is 297 g/mol. The molecule has 0 bridgehead atoms. The van der Waals surface area contributed by atoms with Crippen LogP contribution in [0.25, 0.3) is 0 Å². The van der Waals surface area contributed by atoms with Gasteiger partial charge in [-0.1, -0.05) is 13.0 Å². The Bertz CT molecular complexity index is 362. The molecule has 0 aliphatic carbocycles. The number of nitrogens with one attached hydrogen (secondary N) is 1. The highest BCUT2D eigenvalue weighted by Crippen LogP contribution is 2.27. The third-order valence-electron chi connectivity index (χ3n) is 2.98. The van der Waals surface area contributed by atoms with Crippen molar-refractivity contribution >= 4 is 0 Å². The van der Waals surface area contributed by atoms with Gasteiger partial charge in [0.15, 0.2) is 0 Å². The van der Waals surface area contributed by atoms with E-state index >= 15 is 0 Å². The van der Waals surface area contributed by atoms with Crippen LogP contribution in [0.3, 0.4) is 0 Å². The summed E-state index contributed by atoms with van der Waals surface area (Å²) in [5.74, 6) is 1.66. The molecule has 5 nitrogen and oxygen atoms in total. The first-order valence-corrected chi connectivity index (χ1v) is 7.39. The molecule has 0 fully saturated rings. The van der Waals surface area contributed by atoms with Crippen molar-refractivity contribution < 1.29 is 18.9 Å². The zero-order valence-electron chi connectivity index (χ0n) is 13.3. The number of hydrogen-bond donors (Lipinski definition) is 1. The summed E-state index contributed by atoms with van der Waals surface area (Å²) in [5.41, 5.74) is 1.02. The predicted molar refractivity (Wildman–Crippen MR) is 83.2 cm³/mol. The van der Waals surface area contributed by atoms with Gasteiger partial charge < -0.3 is 24.3 Å². The first kappa shape index (κ1) is 17.8. The van der Waals surface area contributed by atoms with E-state index in [1.54, 1.807) is 14.2 Å². The Kier molecular flexibility index (Phi) is 9.61. The number of rotatable bonds is 12. The van der Waals surface area contributed by atoms with E-state index in [1.165, 1.54) is 0 Å². The molecule has 0 heterocycles. The van der Waals surface area contributed by atoms with Crippen LogP contribution in [0.4, 0.5) is 0 Å². The van der Waals surface area contributed by atoms with E-state index in [9.17, 15) is 0 Å². The summed E-state index contributed by atoms with van der Waals surface area (Å²) in [6.07, 6.45) is 1.04. The van der Waals surface area contributed by atoms with E-state index in [2.05, 4.69) is 12.2 Å². The number of hydrogen-bond acceptors (Lipinski definition) is 5. The molecule has 0 unspecified atom stereocenters. The Morgan fingerprint density at radius 1 is 0.905 bits per heavy atom. The van der Waals surface area contributed by atoms with Crippen molar-refractivity contribution in [1.29, 1.82) is 0 Å². The minimum Gasteiger partial charge on any atom is -0.496 e. The highest BCUT2D eigenvalue weighted by Gasteiger charge is 2.08. The van der Waals surface area contributed by atoms with Gasteiger partial charge in [0.25, 0.3) is 0 Å². The van der Waals surface area contributed by atoms with Gasteiger partial charge in [-0.3, -0.25) is 0 Å². The molecule has 1 aromatic rings. The molecule has 120 valence electrons. The molecular formula is C16H27NO4. The van der Waals surface area contributed by atoms with Gasteiger partial charge in [0.2, 0.25) is 0 Å². The van der Waals surface area contributed by atoms with Crippen LogP contribution in [-0.4, -0.2) is 47.2 Å². The van der Waals surface area contributed by atoms with Crippen LogP contribution < -0.4 is 14.8 Å². The van der Waals surface area contributed by atoms with Crippen LogP contribution in [0.1, 0.15) is 18.9 Å². The van der Waals surface area contributed by atoms with Gasteiger partial charge in [0.05, 0.1) is 34.0 Å². The largest absolute Gasteiger partial charge is 0.496 e. The summed E-state index contributed by atoms with van der Waals surface area (Å²) in [6, 6.07) is 5.78. The summed E-state index contributed by atoms with van der Waals surface area (Å²) < 4.78 is 21.5. The first-order chi connectivity index (χ1) is 10.3. The highest BCUT2D eigenvalue weighted by molar-refractivity contribution is 5.44. The van der Waals surface area contributed by atoms with Gasteiger partial charge >= 0.3 is 0 Å². The summed E-state index contributed by atoms with van der Waals surface area (Å²) in [6.45, 7) is 6.31. The second kappa shape index (κ2) is 11.4. The molecular weight excluding hydrogens is 270 g/mol. The van der Waals surface area contributed by atoms with Gasteiger partial charge in [-0.25, -0.2) is 0 Å². The van der Waals surface area contributed by atoms with Gasteiger partial charge in [-0.2, -0.15) is 0 Å². The topological polar surface area (TPSA) is 49.0 Å². The molecule has 0 aliphatic heterocycles. The molecule has 21 heavy (non-hydrogen) atoms. The Hall–Kier alpha value is -1.30. The second-order valence-corrected chi connectivity index (χ2v) is 4.54. The van der Waals surface area contributed by atoms with Gasteiger partial charge in [0.1, 0.15) is 11.5 Å². The van der Waals surface area contributed by atoms with Crippen molar-refractivity contribution in [3.8, 4) is 11.5 Å². The quantitative estimate of drug-likeness (QED) is 0.600. The second-order valence-electron chi connectivity index (χ2n) is 4.54. The molecule has 0 atom stereocenters. The average Bonchev–Trinajstić information content (AvgIpc) is 2.53. The molecule has 0 amide bonds. The Balaban J connectivity index is 2.20. The van der Waals surface area contributed by atoms with Crippen molar-refractivity contribution in [1.82, 2.24) is 5.32 Å². The molecule has 1 N–H and O–H groups in total. The van der Waals surface area contributed by atoms with Crippen molar-refractivity contribution in [3.05, 3.63) is 23.8 Å². The first-order valence-electron chi connectivity index (χ1n) is 7.39. The standard InChI is InChI=1S/C16H27NO4/c1-4-9-20-11-12-21-10-8-17-13-14-15(18-2)6-5-7-16(14)19-3/h5-7,17H,4,8-13H2,1-3H3. The fourth-order valence-electron chi connectivity index (χ4n) is 1.93. The van der Waals surface area contributed by atoms with Crippen molar-refractivity contribution in [2.75, 3.05) is 47.2 Å². The zero-order chi connectivity index (χ0) is 15.3.